The highest BCUT2D eigenvalue weighted by Gasteiger charge is 2.48. The van der Waals surface area contributed by atoms with Crippen LogP contribution in [0.5, 0.6) is 0 Å². The largest absolute Gasteiger partial charge is 0.481 e. The zero-order valence-electron chi connectivity index (χ0n) is 8.43. The lowest BCUT2D eigenvalue weighted by atomic mass is 10.0. The third-order valence-corrected chi connectivity index (χ3v) is 2.75. The molecule has 0 bridgehead atoms. The fraction of sp³-hybridized carbons (Fsp3) is 0.333. The molecule has 0 aromatic heterocycles. The summed E-state index contributed by atoms with van der Waals surface area (Å²) in [5.74, 6) is -1.66. The highest BCUT2D eigenvalue weighted by molar-refractivity contribution is 6.02. The van der Waals surface area contributed by atoms with E-state index in [-0.39, 0.29) is 11.7 Å². The van der Waals surface area contributed by atoms with E-state index in [1.54, 1.807) is 12.1 Å². The van der Waals surface area contributed by atoms with Crippen LogP contribution in [-0.4, -0.2) is 16.9 Å². The van der Waals surface area contributed by atoms with Gasteiger partial charge in [0.05, 0.1) is 5.92 Å². The predicted molar refractivity (Wildman–Crippen MR) is 54.7 cm³/mol. The fourth-order valence-electron chi connectivity index (χ4n) is 1.77. The number of carboxylic acid groups (broad SMARTS) is 1. The van der Waals surface area contributed by atoms with E-state index in [0.717, 1.165) is 5.56 Å². The molecule has 3 heteroatoms. The zero-order valence-corrected chi connectivity index (χ0v) is 8.43. The third kappa shape index (κ3) is 1.91. The number of benzene rings is 1. The van der Waals surface area contributed by atoms with Gasteiger partial charge in [0.1, 0.15) is 0 Å². The van der Waals surface area contributed by atoms with E-state index in [9.17, 15) is 9.59 Å². The summed E-state index contributed by atoms with van der Waals surface area (Å²) in [5.41, 5.74) is 1.65. The number of carbonyl (C=O) groups excluding carboxylic acids is 1. The van der Waals surface area contributed by atoms with Crippen molar-refractivity contribution in [1.29, 1.82) is 0 Å². The maximum Gasteiger partial charge on any atom is 0.307 e. The van der Waals surface area contributed by atoms with E-state index < -0.39 is 11.9 Å². The molecule has 78 valence electrons. The van der Waals surface area contributed by atoms with Crippen molar-refractivity contribution in [3.8, 4) is 0 Å². The van der Waals surface area contributed by atoms with Gasteiger partial charge in [-0.2, -0.15) is 0 Å². The van der Waals surface area contributed by atoms with Crippen LogP contribution in [0.1, 0.15) is 22.3 Å². The molecule has 0 spiro atoms. The molecule has 1 N–H and O–H groups in total. The third-order valence-electron chi connectivity index (χ3n) is 2.75. The molecule has 0 aliphatic heterocycles. The molecule has 1 aromatic rings. The van der Waals surface area contributed by atoms with Crippen molar-refractivity contribution in [1.82, 2.24) is 0 Å². The summed E-state index contributed by atoms with van der Waals surface area (Å²) in [5, 5.41) is 8.72. The molecule has 2 unspecified atom stereocenters. The first-order valence-electron chi connectivity index (χ1n) is 4.93. The monoisotopic (exact) mass is 204 g/mol. The van der Waals surface area contributed by atoms with E-state index in [1.165, 1.54) is 0 Å². The lowest BCUT2D eigenvalue weighted by molar-refractivity contribution is -0.138. The predicted octanol–water partition coefficient (Wildman–Crippen LogP) is 1.90. The summed E-state index contributed by atoms with van der Waals surface area (Å²) < 4.78 is 0. The van der Waals surface area contributed by atoms with Gasteiger partial charge in [0.2, 0.25) is 0 Å². The first kappa shape index (κ1) is 9.90. The Morgan fingerprint density at radius 3 is 2.60 bits per heavy atom. The Hall–Kier alpha value is -1.64. The summed E-state index contributed by atoms with van der Waals surface area (Å²) in [6.45, 7) is 1.92. The van der Waals surface area contributed by atoms with Gasteiger partial charge in [0.15, 0.2) is 5.78 Å². The summed E-state index contributed by atoms with van der Waals surface area (Å²) in [7, 11) is 0. The molecular formula is C12H12O3. The van der Waals surface area contributed by atoms with Crippen molar-refractivity contribution in [3.05, 3.63) is 35.4 Å². The smallest absolute Gasteiger partial charge is 0.307 e. The highest BCUT2D eigenvalue weighted by atomic mass is 16.4. The van der Waals surface area contributed by atoms with Crippen molar-refractivity contribution in [2.24, 2.45) is 11.8 Å². The number of hydrogen-bond acceptors (Lipinski definition) is 2. The first-order valence-corrected chi connectivity index (χ1v) is 4.93. The lowest BCUT2D eigenvalue weighted by Gasteiger charge is -2.00. The number of hydrogen-bond donors (Lipinski definition) is 1. The molecule has 3 nitrogen and oxygen atoms in total. The first-order chi connectivity index (χ1) is 7.09. The number of carboxylic acids is 1. The normalized spacial score (nSPS) is 23.5. The van der Waals surface area contributed by atoms with Gasteiger partial charge in [-0.1, -0.05) is 23.8 Å². The Balaban J connectivity index is 2.13. The standard InChI is InChI=1S/C12H12O3/c1-7-3-2-4-8(5-7)11(13)9-6-10(9)12(14)15/h2-5,9-10H,6H2,1H3,(H,14,15). The molecule has 0 radical (unpaired) electrons. The second-order valence-electron chi connectivity index (χ2n) is 4.02. The van der Waals surface area contributed by atoms with Crippen LogP contribution in [0.4, 0.5) is 0 Å². The molecule has 2 atom stereocenters. The molecule has 1 aliphatic carbocycles. The number of Topliss-reactive ketones (excluding diaryl/α,β-unsaturated/α-hetero) is 1. The Bertz CT molecular complexity index is 423. The highest BCUT2D eigenvalue weighted by Crippen LogP contribution is 2.41. The number of carbonyl (C=O) groups is 2. The second kappa shape index (κ2) is 3.50. The maximum absolute atomic E-state index is 11.8. The average molecular weight is 204 g/mol. The van der Waals surface area contributed by atoms with Crippen molar-refractivity contribution in [2.75, 3.05) is 0 Å². The molecule has 1 aliphatic rings. The minimum atomic E-state index is -0.860. The summed E-state index contributed by atoms with van der Waals surface area (Å²) in [6, 6.07) is 7.28. The maximum atomic E-state index is 11.8. The van der Waals surface area contributed by atoms with Crippen molar-refractivity contribution in [2.45, 2.75) is 13.3 Å². The number of aliphatic carboxylic acids is 1. The van der Waals surface area contributed by atoms with Crippen molar-refractivity contribution >= 4 is 11.8 Å². The summed E-state index contributed by atoms with van der Waals surface area (Å²) in [6.07, 6.45) is 0.488. The molecule has 2 rings (SSSR count). The van der Waals surface area contributed by atoms with Crippen LogP contribution < -0.4 is 0 Å². The Kier molecular flexibility index (Phi) is 2.31. The summed E-state index contributed by atoms with van der Waals surface area (Å²) in [4.78, 5) is 22.4. The van der Waals surface area contributed by atoms with Crippen LogP contribution in [0.15, 0.2) is 24.3 Å². The molecule has 1 aromatic carbocycles. The van der Waals surface area contributed by atoms with Gasteiger partial charge >= 0.3 is 5.97 Å². The van der Waals surface area contributed by atoms with Gasteiger partial charge < -0.3 is 5.11 Å². The topological polar surface area (TPSA) is 54.4 Å². The van der Waals surface area contributed by atoms with Crippen LogP contribution in [0.25, 0.3) is 0 Å². The number of ketones is 1. The Morgan fingerprint density at radius 2 is 2.07 bits per heavy atom. The van der Waals surface area contributed by atoms with E-state index in [2.05, 4.69) is 0 Å². The SMILES string of the molecule is Cc1cccc(C(=O)C2CC2C(=O)O)c1. The van der Waals surface area contributed by atoms with Gasteiger partial charge in [0, 0.05) is 11.5 Å². The molecule has 0 saturated heterocycles. The Labute approximate surface area is 87.7 Å². The Morgan fingerprint density at radius 1 is 1.33 bits per heavy atom. The second-order valence-corrected chi connectivity index (χ2v) is 4.02. The minimum Gasteiger partial charge on any atom is -0.481 e. The van der Waals surface area contributed by atoms with E-state index >= 15 is 0 Å². The lowest BCUT2D eigenvalue weighted by Crippen LogP contribution is -2.08. The summed E-state index contributed by atoms with van der Waals surface area (Å²) >= 11 is 0. The van der Waals surface area contributed by atoms with Crippen molar-refractivity contribution < 1.29 is 14.7 Å². The number of rotatable bonds is 3. The average Bonchev–Trinajstić information content (AvgIpc) is 2.96. The molecule has 15 heavy (non-hydrogen) atoms. The van der Waals surface area contributed by atoms with Gasteiger partial charge in [-0.15, -0.1) is 0 Å². The molecule has 1 saturated carbocycles. The van der Waals surface area contributed by atoms with Crippen LogP contribution in [-0.2, 0) is 4.79 Å². The minimum absolute atomic E-state index is 0.0360. The van der Waals surface area contributed by atoms with Gasteiger partial charge in [-0.3, -0.25) is 9.59 Å². The van der Waals surface area contributed by atoms with E-state index in [0.29, 0.717) is 12.0 Å². The van der Waals surface area contributed by atoms with E-state index in [4.69, 9.17) is 5.11 Å². The van der Waals surface area contributed by atoms with E-state index in [1.807, 2.05) is 19.1 Å². The van der Waals surface area contributed by atoms with Crippen LogP contribution in [0, 0.1) is 18.8 Å². The fourth-order valence-corrected chi connectivity index (χ4v) is 1.77. The van der Waals surface area contributed by atoms with Crippen LogP contribution >= 0.6 is 0 Å². The molecule has 0 heterocycles. The van der Waals surface area contributed by atoms with Crippen molar-refractivity contribution in [3.63, 3.8) is 0 Å². The van der Waals surface area contributed by atoms with Crippen LogP contribution in [0.3, 0.4) is 0 Å². The van der Waals surface area contributed by atoms with Crippen LogP contribution in [0.2, 0.25) is 0 Å². The molecular weight excluding hydrogens is 192 g/mol. The number of aryl methyl sites for hydroxylation is 1. The van der Waals surface area contributed by atoms with Gasteiger partial charge in [-0.05, 0) is 19.4 Å². The van der Waals surface area contributed by atoms with Gasteiger partial charge in [-0.25, -0.2) is 0 Å². The molecule has 0 amide bonds. The van der Waals surface area contributed by atoms with Gasteiger partial charge in [0.25, 0.3) is 0 Å². The molecule has 1 fully saturated rings. The quantitative estimate of drug-likeness (QED) is 0.765. The zero-order chi connectivity index (χ0) is 11.0.